The van der Waals surface area contributed by atoms with Gasteiger partial charge in [-0.3, -0.25) is 0 Å². The molecule has 1 fully saturated rings. The number of aromatic amines is 1. The van der Waals surface area contributed by atoms with Crippen LogP contribution in [0.3, 0.4) is 0 Å². The van der Waals surface area contributed by atoms with E-state index in [1.165, 1.54) is 23.8 Å². The Labute approximate surface area is 95.3 Å². The fraction of sp³-hybridized carbons (Fsp3) is 0.462. The van der Waals surface area contributed by atoms with Crippen molar-refractivity contribution < 1.29 is 0 Å². The van der Waals surface area contributed by atoms with E-state index >= 15 is 0 Å². The highest BCUT2D eigenvalue weighted by Crippen LogP contribution is 2.29. The maximum absolute atomic E-state index is 4.33. The standard InChI is InChI=1S/C13H17N3/c1-9(12-5-3-6-14-12)11-8-16-13-10(11)4-2-7-15-13/h2,4,7-9,12,14H,3,5-6H2,1H3,(H,15,16). The molecule has 0 aromatic carbocycles. The number of nitrogens with one attached hydrogen (secondary N) is 2. The first kappa shape index (κ1) is 9.85. The minimum atomic E-state index is 0.556. The van der Waals surface area contributed by atoms with E-state index in [1.807, 2.05) is 12.3 Å². The van der Waals surface area contributed by atoms with Gasteiger partial charge in [-0.1, -0.05) is 6.92 Å². The lowest BCUT2D eigenvalue weighted by Crippen LogP contribution is -2.27. The fourth-order valence-corrected chi connectivity index (χ4v) is 2.71. The largest absolute Gasteiger partial charge is 0.346 e. The van der Waals surface area contributed by atoms with Crippen LogP contribution in [0.4, 0.5) is 0 Å². The van der Waals surface area contributed by atoms with E-state index in [9.17, 15) is 0 Å². The molecule has 0 saturated carbocycles. The van der Waals surface area contributed by atoms with Crippen LogP contribution in [0, 0.1) is 0 Å². The van der Waals surface area contributed by atoms with Crippen molar-refractivity contribution in [1.29, 1.82) is 0 Å². The van der Waals surface area contributed by atoms with Crippen LogP contribution in [0.5, 0.6) is 0 Å². The van der Waals surface area contributed by atoms with E-state index in [0.717, 1.165) is 12.2 Å². The summed E-state index contributed by atoms with van der Waals surface area (Å²) in [6.45, 7) is 3.47. The maximum Gasteiger partial charge on any atom is 0.137 e. The summed E-state index contributed by atoms with van der Waals surface area (Å²) in [6.07, 6.45) is 6.53. The minimum Gasteiger partial charge on any atom is -0.346 e. The van der Waals surface area contributed by atoms with Gasteiger partial charge in [-0.05, 0) is 43.0 Å². The molecule has 1 saturated heterocycles. The van der Waals surface area contributed by atoms with Crippen molar-refractivity contribution in [3.8, 4) is 0 Å². The Balaban J connectivity index is 1.98. The molecule has 0 aliphatic carbocycles. The Kier molecular flexibility index (Phi) is 2.40. The highest BCUT2D eigenvalue weighted by molar-refractivity contribution is 5.80. The monoisotopic (exact) mass is 215 g/mol. The second-order valence-corrected chi connectivity index (χ2v) is 4.64. The Bertz CT molecular complexity index is 483. The summed E-state index contributed by atoms with van der Waals surface area (Å²) in [4.78, 5) is 7.59. The average Bonchev–Trinajstić information content (AvgIpc) is 2.98. The van der Waals surface area contributed by atoms with Gasteiger partial charge in [0.2, 0.25) is 0 Å². The second kappa shape index (κ2) is 3.91. The van der Waals surface area contributed by atoms with E-state index in [-0.39, 0.29) is 0 Å². The first-order chi connectivity index (χ1) is 7.86. The maximum atomic E-state index is 4.33. The van der Waals surface area contributed by atoms with Crippen LogP contribution in [-0.2, 0) is 0 Å². The van der Waals surface area contributed by atoms with Crippen LogP contribution in [0.2, 0.25) is 0 Å². The zero-order valence-corrected chi connectivity index (χ0v) is 9.53. The number of fused-ring (bicyclic) bond motifs is 1. The van der Waals surface area contributed by atoms with Crippen molar-refractivity contribution in [2.24, 2.45) is 0 Å². The number of nitrogens with zero attached hydrogens (tertiary/aromatic N) is 1. The number of H-pyrrole nitrogens is 1. The Morgan fingerprint density at radius 2 is 2.44 bits per heavy atom. The lowest BCUT2D eigenvalue weighted by Gasteiger charge is -2.18. The van der Waals surface area contributed by atoms with Crippen LogP contribution in [0.15, 0.2) is 24.5 Å². The molecule has 0 radical (unpaired) electrons. The van der Waals surface area contributed by atoms with E-state index in [0.29, 0.717) is 12.0 Å². The summed E-state index contributed by atoms with van der Waals surface area (Å²) in [5, 5.41) is 4.84. The summed E-state index contributed by atoms with van der Waals surface area (Å²) in [5.74, 6) is 0.556. The van der Waals surface area contributed by atoms with Gasteiger partial charge in [0, 0.05) is 23.8 Å². The molecule has 84 valence electrons. The van der Waals surface area contributed by atoms with Gasteiger partial charge in [0.05, 0.1) is 0 Å². The van der Waals surface area contributed by atoms with Crippen molar-refractivity contribution >= 4 is 11.0 Å². The molecule has 3 rings (SSSR count). The van der Waals surface area contributed by atoms with Crippen molar-refractivity contribution in [3.63, 3.8) is 0 Å². The SMILES string of the molecule is CC(c1c[nH]c2ncccc12)C1CCCN1. The predicted molar refractivity (Wildman–Crippen MR) is 65.5 cm³/mol. The lowest BCUT2D eigenvalue weighted by atomic mass is 9.92. The van der Waals surface area contributed by atoms with Gasteiger partial charge in [0.25, 0.3) is 0 Å². The summed E-state index contributed by atoms with van der Waals surface area (Å²) in [7, 11) is 0. The normalized spacial score (nSPS) is 22.7. The molecule has 3 nitrogen and oxygen atoms in total. The molecule has 2 aromatic heterocycles. The van der Waals surface area contributed by atoms with Crippen LogP contribution < -0.4 is 5.32 Å². The molecule has 1 aliphatic rings. The van der Waals surface area contributed by atoms with E-state index in [2.05, 4.69) is 34.5 Å². The number of pyridine rings is 1. The molecule has 16 heavy (non-hydrogen) atoms. The van der Waals surface area contributed by atoms with Gasteiger partial charge in [0.1, 0.15) is 5.65 Å². The van der Waals surface area contributed by atoms with Crippen LogP contribution >= 0.6 is 0 Å². The summed E-state index contributed by atoms with van der Waals surface area (Å²) in [6, 6.07) is 4.79. The first-order valence-corrected chi connectivity index (χ1v) is 6.01. The summed E-state index contributed by atoms with van der Waals surface area (Å²) < 4.78 is 0. The smallest absolute Gasteiger partial charge is 0.137 e. The Morgan fingerprint density at radius 1 is 1.50 bits per heavy atom. The third-order valence-corrected chi connectivity index (χ3v) is 3.68. The highest BCUT2D eigenvalue weighted by atomic mass is 14.9. The number of hydrogen-bond acceptors (Lipinski definition) is 2. The molecule has 0 bridgehead atoms. The third kappa shape index (κ3) is 1.52. The molecule has 2 atom stereocenters. The quantitative estimate of drug-likeness (QED) is 0.807. The Morgan fingerprint density at radius 3 is 3.25 bits per heavy atom. The van der Waals surface area contributed by atoms with E-state index in [1.54, 1.807) is 0 Å². The Hall–Kier alpha value is -1.35. The van der Waals surface area contributed by atoms with Crippen molar-refractivity contribution in [3.05, 3.63) is 30.1 Å². The molecule has 0 amide bonds. The molecule has 2 N–H and O–H groups in total. The van der Waals surface area contributed by atoms with Crippen LogP contribution in [0.1, 0.15) is 31.2 Å². The lowest BCUT2D eigenvalue weighted by molar-refractivity contribution is 0.520. The van der Waals surface area contributed by atoms with Gasteiger partial charge in [0.15, 0.2) is 0 Å². The number of aromatic nitrogens is 2. The molecule has 2 unspecified atom stereocenters. The molecule has 2 aromatic rings. The molecule has 3 heterocycles. The van der Waals surface area contributed by atoms with Crippen molar-refractivity contribution in [2.75, 3.05) is 6.54 Å². The predicted octanol–water partition coefficient (Wildman–Crippen LogP) is 2.42. The van der Waals surface area contributed by atoms with Gasteiger partial charge < -0.3 is 10.3 Å². The third-order valence-electron chi connectivity index (χ3n) is 3.68. The van der Waals surface area contributed by atoms with Crippen molar-refractivity contribution in [2.45, 2.75) is 31.7 Å². The number of hydrogen-bond donors (Lipinski definition) is 2. The van der Waals surface area contributed by atoms with Crippen LogP contribution in [0.25, 0.3) is 11.0 Å². The average molecular weight is 215 g/mol. The van der Waals surface area contributed by atoms with Crippen molar-refractivity contribution in [1.82, 2.24) is 15.3 Å². The van der Waals surface area contributed by atoms with Gasteiger partial charge >= 0.3 is 0 Å². The molecular formula is C13H17N3. The van der Waals surface area contributed by atoms with E-state index in [4.69, 9.17) is 0 Å². The zero-order valence-electron chi connectivity index (χ0n) is 9.53. The molecular weight excluding hydrogens is 198 g/mol. The topological polar surface area (TPSA) is 40.7 Å². The fourth-order valence-electron chi connectivity index (χ4n) is 2.71. The highest BCUT2D eigenvalue weighted by Gasteiger charge is 2.24. The summed E-state index contributed by atoms with van der Waals surface area (Å²) in [5.41, 5.74) is 2.39. The number of rotatable bonds is 2. The van der Waals surface area contributed by atoms with E-state index < -0.39 is 0 Å². The first-order valence-electron chi connectivity index (χ1n) is 6.01. The van der Waals surface area contributed by atoms with Crippen LogP contribution in [-0.4, -0.2) is 22.6 Å². The molecule has 0 spiro atoms. The van der Waals surface area contributed by atoms with Gasteiger partial charge in [-0.25, -0.2) is 4.98 Å². The second-order valence-electron chi connectivity index (χ2n) is 4.64. The molecule has 1 aliphatic heterocycles. The van der Waals surface area contributed by atoms with Gasteiger partial charge in [-0.15, -0.1) is 0 Å². The zero-order chi connectivity index (χ0) is 11.0. The summed E-state index contributed by atoms with van der Waals surface area (Å²) >= 11 is 0. The van der Waals surface area contributed by atoms with Gasteiger partial charge in [-0.2, -0.15) is 0 Å². The molecule has 3 heteroatoms. The minimum absolute atomic E-state index is 0.556.